The van der Waals surface area contributed by atoms with Crippen molar-refractivity contribution in [3.05, 3.63) is 30.3 Å². The van der Waals surface area contributed by atoms with Gasteiger partial charge in [0.2, 0.25) is 23.0 Å². The van der Waals surface area contributed by atoms with E-state index in [9.17, 15) is 76.6 Å². The fourth-order valence-electron chi connectivity index (χ4n) is 8.12. The summed E-state index contributed by atoms with van der Waals surface area (Å²) in [6, 6.07) is 7.86. The van der Waals surface area contributed by atoms with Crippen LogP contribution in [-0.4, -0.2) is 131 Å². The van der Waals surface area contributed by atoms with Crippen molar-refractivity contribution in [2.24, 2.45) is 0 Å². The van der Waals surface area contributed by atoms with Gasteiger partial charge in [-0.05, 0) is 38.5 Å². The molecule has 0 aliphatic heterocycles. The fraction of sp³-hybridized carbons (Fsp3) is 0. The number of nitrogens with zero attached hydrogens (tertiary/aromatic N) is 3. The first-order valence-corrected chi connectivity index (χ1v) is 18.5. The third-order valence-corrected chi connectivity index (χ3v) is 11.3. The maximum Gasteiger partial charge on any atom is 0.208 e. The monoisotopic (exact) mass is 851 g/mol. The zero-order chi connectivity index (χ0) is 46.0. The van der Waals surface area contributed by atoms with E-state index in [-0.39, 0.29) is 61.1 Å². The number of rotatable bonds is 5. The Hall–Kier alpha value is -8.55. The van der Waals surface area contributed by atoms with Gasteiger partial charge in [-0.1, -0.05) is 35.8 Å². The molecule has 24 heteroatoms. The Morgan fingerprint density at radius 1 is 0.302 bits per heavy atom. The molecular formula is C39H30B5N3O16. The molecule has 15 N–H and O–H groups in total. The Bertz CT molecular complexity index is 3310. The highest BCUT2D eigenvalue weighted by atomic mass is 16.4. The molecule has 0 fully saturated rings. The fourth-order valence-corrected chi connectivity index (χ4v) is 8.12. The first-order chi connectivity index (χ1) is 29.6. The van der Waals surface area contributed by atoms with Gasteiger partial charge >= 0.3 is 0 Å². The van der Waals surface area contributed by atoms with E-state index < -0.39 is 131 Å². The second-order valence-electron chi connectivity index (χ2n) is 14.8. The van der Waals surface area contributed by atoms with Gasteiger partial charge < -0.3 is 81.0 Å². The molecule has 2 aromatic heterocycles. The van der Waals surface area contributed by atoms with Crippen LogP contribution in [-0.2, 0) is 0 Å². The van der Waals surface area contributed by atoms with Crippen molar-refractivity contribution < 1.29 is 81.0 Å². The van der Waals surface area contributed by atoms with Crippen LogP contribution in [0.5, 0.6) is 86.2 Å². The van der Waals surface area contributed by atoms with Gasteiger partial charge in [0.25, 0.3) is 0 Å². The van der Waals surface area contributed by atoms with E-state index in [0.717, 1.165) is 0 Å². The quantitative estimate of drug-likeness (QED) is 0.0465. The van der Waals surface area contributed by atoms with E-state index in [1.54, 1.807) is 18.2 Å². The van der Waals surface area contributed by atoms with Gasteiger partial charge in [0, 0.05) is 5.56 Å². The lowest BCUT2D eigenvalue weighted by Gasteiger charge is -2.25. The van der Waals surface area contributed by atoms with Crippen molar-refractivity contribution in [3.63, 3.8) is 0 Å². The summed E-state index contributed by atoms with van der Waals surface area (Å²) in [6.07, 6.45) is 0. The molecule has 0 amide bonds. The van der Waals surface area contributed by atoms with Crippen molar-refractivity contribution in [2.75, 3.05) is 0 Å². The first-order valence-electron chi connectivity index (χ1n) is 18.5. The third-order valence-electron chi connectivity index (χ3n) is 11.3. The van der Waals surface area contributed by atoms with Gasteiger partial charge in [-0.3, -0.25) is 0 Å². The summed E-state index contributed by atoms with van der Waals surface area (Å²) in [5, 5.41) is 164. The number of fused-ring (bicyclic) bond motifs is 3. The highest BCUT2D eigenvalue weighted by Crippen LogP contribution is 2.59. The maximum absolute atomic E-state index is 12.0. The maximum atomic E-state index is 12.0. The summed E-state index contributed by atoms with van der Waals surface area (Å²) in [5.41, 5.74) is -2.02. The summed E-state index contributed by atoms with van der Waals surface area (Å²) >= 11 is 0. The van der Waals surface area contributed by atoms with Crippen LogP contribution in [0.3, 0.4) is 0 Å². The smallest absolute Gasteiger partial charge is 0.208 e. The molecule has 0 saturated carbocycles. The zero-order valence-electron chi connectivity index (χ0n) is 33.3. The van der Waals surface area contributed by atoms with Gasteiger partial charge in [0.1, 0.15) is 56.1 Å². The molecule has 0 saturated heterocycles. The van der Waals surface area contributed by atoms with E-state index in [1.165, 1.54) is 51.4 Å². The molecule has 0 unspecified atom stereocenters. The first kappa shape index (κ1) is 41.2. The molecular weight excluding hydrogens is 820 g/mol. The topological polar surface area (TPSA) is 355 Å². The summed E-state index contributed by atoms with van der Waals surface area (Å²) in [7, 11) is 7.41. The number of furan rings is 1. The Morgan fingerprint density at radius 2 is 0.651 bits per heavy atom. The average Bonchev–Trinajstić information content (AvgIpc) is 3.68. The standard InChI is InChI=1S/C39H30B5N3O16/c40-15-7(8-18(43)28(56)33(61)29(57)19(8)44)16(41)27(55)17(42)9(15)10-21(49)30(58)22(50)11-12-20(48)23(51)14(26(54)36(12)63-35(10)11)39-46-37(6-4-2-1-3-5-6)45-38(47-39)13-24(52)31(59)34(62)32(60)25(13)53/h1-5,48-62H,40-44H2. The molecule has 0 aliphatic carbocycles. The number of phenolic OH excluding ortho intramolecular Hbond substituents is 15. The van der Waals surface area contributed by atoms with Gasteiger partial charge in [-0.2, -0.15) is 0 Å². The molecule has 312 valence electrons. The molecule has 8 rings (SSSR count). The Morgan fingerprint density at radius 3 is 1.19 bits per heavy atom. The van der Waals surface area contributed by atoms with E-state index in [0.29, 0.717) is 0 Å². The number of benzene rings is 6. The molecule has 8 aromatic rings. The average molecular weight is 851 g/mol. The van der Waals surface area contributed by atoms with Crippen LogP contribution in [0.2, 0.25) is 0 Å². The highest BCUT2D eigenvalue weighted by Gasteiger charge is 2.35. The summed E-state index contributed by atoms with van der Waals surface area (Å²) in [6.45, 7) is 0. The lowest BCUT2D eigenvalue weighted by molar-refractivity contribution is 0.329. The molecule has 63 heavy (non-hydrogen) atoms. The van der Waals surface area contributed by atoms with Crippen molar-refractivity contribution in [1.29, 1.82) is 0 Å². The number of aromatic nitrogens is 3. The van der Waals surface area contributed by atoms with Gasteiger partial charge in [0.05, 0.1) is 16.3 Å². The second-order valence-corrected chi connectivity index (χ2v) is 14.8. The van der Waals surface area contributed by atoms with Crippen molar-refractivity contribution in [2.45, 2.75) is 0 Å². The van der Waals surface area contributed by atoms with Crippen LogP contribution in [0, 0.1) is 0 Å². The van der Waals surface area contributed by atoms with Gasteiger partial charge in [-0.25, -0.2) is 15.0 Å². The molecule has 0 bridgehead atoms. The Labute approximate surface area is 356 Å². The van der Waals surface area contributed by atoms with Crippen molar-refractivity contribution >= 4 is 88.5 Å². The molecule has 0 radical (unpaired) electrons. The molecule has 6 aromatic carbocycles. The largest absolute Gasteiger partial charge is 0.509 e. The minimum Gasteiger partial charge on any atom is -0.509 e. The second kappa shape index (κ2) is 14.0. The predicted octanol–water partition coefficient (Wildman–Crippen LogP) is -3.02. The minimum atomic E-state index is -1.28. The van der Waals surface area contributed by atoms with Crippen LogP contribution >= 0.6 is 0 Å². The van der Waals surface area contributed by atoms with E-state index >= 15 is 0 Å². The highest BCUT2D eigenvalue weighted by molar-refractivity contribution is 6.57. The summed E-state index contributed by atoms with van der Waals surface area (Å²) < 4.78 is 6.13. The molecule has 0 aliphatic rings. The molecule has 19 nitrogen and oxygen atoms in total. The van der Waals surface area contributed by atoms with Crippen LogP contribution in [0.25, 0.3) is 78.4 Å². The zero-order valence-corrected chi connectivity index (χ0v) is 33.3. The summed E-state index contributed by atoms with van der Waals surface area (Å²) in [4.78, 5) is 12.7. The SMILES string of the molecule is Bc1c(O)c(B)c(-c2c(O)c(O)c(O)c3c2oc2c(O)c(-c4nc(-c5ccccc5)nc(-c5c(O)c(O)c(O)c(O)c5O)n4)c(O)c(O)c23)c(B)c1-c1c(B)c(O)c(O)c(O)c1B. The predicted molar refractivity (Wildman–Crippen MR) is 240 cm³/mol. The van der Waals surface area contributed by atoms with Crippen LogP contribution in [0.15, 0.2) is 34.7 Å². The number of hydrogen-bond acceptors (Lipinski definition) is 19. The van der Waals surface area contributed by atoms with Gasteiger partial charge in [-0.15, -0.1) is 0 Å². The number of hydrogen-bond donors (Lipinski definition) is 15. The Balaban J connectivity index is 1.48. The number of phenols is 15. The number of aromatic hydroxyl groups is 15. The van der Waals surface area contributed by atoms with Crippen LogP contribution < -0.4 is 27.3 Å². The lowest BCUT2D eigenvalue weighted by atomic mass is 9.64. The molecule has 0 atom stereocenters. The molecule has 0 spiro atoms. The van der Waals surface area contributed by atoms with Gasteiger partial charge in [0.15, 0.2) is 86.1 Å². The summed E-state index contributed by atoms with van der Waals surface area (Å²) in [5.74, 6) is -17.0. The lowest BCUT2D eigenvalue weighted by Crippen LogP contribution is -2.35. The van der Waals surface area contributed by atoms with Crippen molar-refractivity contribution in [3.8, 4) is 143 Å². The third kappa shape index (κ3) is 5.57. The molecule has 2 heterocycles. The minimum absolute atomic E-state index is 0.0473. The van der Waals surface area contributed by atoms with E-state index in [1.807, 2.05) is 0 Å². The van der Waals surface area contributed by atoms with Crippen LogP contribution in [0.4, 0.5) is 0 Å². The Kier molecular flexibility index (Phi) is 9.16. The normalized spacial score (nSPS) is 11.5. The van der Waals surface area contributed by atoms with Crippen molar-refractivity contribution in [1.82, 2.24) is 15.0 Å². The van der Waals surface area contributed by atoms with E-state index in [4.69, 9.17) is 4.42 Å². The van der Waals surface area contributed by atoms with Crippen LogP contribution in [0.1, 0.15) is 0 Å². The van der Waals surface area contributed by atoms with E-state index in [2.05, 4.69) is 15.0 Å².